The van der Waals surface area contributed by atoms with Gasteiger partial charge in [-0.3, -0.25) is 4.79 Å². The zero-order valence-corrected chi connectivity index (χ0v) is 19.3. The molecule has 3 rings (SSSR count). The first-order valence-corrected chi connectivity index (χ1v) is 11.2. The average Bonchev–Trinajstić information content (AvgIpc) is 2.80. The summed E-state index contributed by atoms with van der Waals surface area (Å²) in [6, 6.07) is 27.0. The molecule has 6 nitrogen and oxygen atoms in total. The maximum Gasteiger partial charge on any atom is 0.319 e. The quantitative estimate of drug-likeness (QED) is 0.440. The molecule has 0 heterocycles. The molecule has 0 unspecified atom stereocenters. The first kappa shape index (κ1) is 24.0. The second-order valence-corrected chi connectivity index (χ2v) is 8.29. The number of carbonyl (C=O) groups excluding carboxylic acids is 2. The summed E-state index contributed by atoms with van der Waals surface area (Å²) in [5.74, 6) is -0.0784. The molecule has 0 aliphatic heterocycles. The number of nitrogens with one attached hydrogen (secondary N) is 3. The number of carbonyl (C=O) groups is 2. The van der Waals surface area contributed by atoms with Gasteiger partial charge in [-0.15, -0.1) is 0 Å². The summed E-state index contributed by atoms with van der Waals surface area (Å²) in [4.78, 5) is 27.1. The number of nitrogens with zero attached hydrogens (tertiary/aromatic N) is 1. The van der Waals surface area contributed by atoms with Gasteiger partial charge in [0.15, 0.2) is 0 Å². The molecule has 33 heavy (non-hydrogen) atoms. The molecule has 0 spiro atoms. The fraction of sp³-hybridized carbons (Fsp3) is 0.259. The summed E-state index contributed by atoms with van der Waals surface area (Å²) in [5.41, 5.74) is 3.96. The lowest BCUT2D eigenvalue weighted by atomic mass is 10.0. The van der Waals surface area contributed by atoms with Crippen LogP contribution < -0.4 is 16.0 Å². The molecule has 3 aromatic rings. The van der Waals surface area contributed by atoms with Gasteiger partial charge in [0, 0.05) is 31.2 Å². The zero-order chi connectivity index (χ0) is 23.5. The van der Waals surface area contributed by atoms with Crippen molar-refractivity contribution in [2.75, 3.05) is 32.5 Å². The van der Waals surface area contributed by atoms with Crippen LogP contribution in [0.2, 0.25) is 0 Å². The molecule has 3 aromatic carbocycles. The summed E-state index contributed by atoms with van der Waals surface area (Å²) >= 11 is 0. The van der Waals surface area contributed by atoms with E-state index in [0.29, 0.717) is 18.7 Å². The maximum atomic E-state index is 12.7. The Labute approximate surface area is 196 Å². The molecule has 172 valence electrons. The standard InChI is InChI=1S/C27H32N4O2/c1-31(2)18-17-28-26(32)20-25(19-21-9-5-3-6-10-21)30-27(33)29-24-15-13-23(14-16-24)22-11-7-4-8-12-22/h3-16,25H,17-20H2,1-2H3,(H,28,32)(H2,29,30,33)/t25-/m0/s1. The highest BCUT2D eigenvalue weighted by Gasteiger charge is 2.17. The smallest absolute Gasteiger partial charge is 0.319 e. The van der Waals surface area contributed by atoms with Crippen molar-refractivity contribution in [1.82, 2.24) is 15.5 Å². The Balaban J connectivity index is 1.59. The average molecular weight is 445 g/mol. The van der Waals surface area contributed by atoms with Gasteiger partial charge in [0.2, 0.25) is 5.91 Å². The SMILES string of the molecule is CN(C)CCNC(=O)C[C@H](Cc1ccccc1)NC(=O)Nc1ccc(-c2ccccc2)cc1. The van der Waals surface area contributed by atoms with Gasteiger partial charge in [-0.25, -0.2) is 4.79 Å². The van der Waals surface area contributed by atoms with E-state index in [1.807, 2.05) is 104 Å². The van der Waals surface area contributed by atoms with Crippen LogP contribution in [0.25, 0.3) is 11.1 Å². The Morgan fingerprint density at radius 2 is 1.42 bits per heavy atom. The minimum Gasteiger partial charge on any atom is -0.355 e. The molecule has 0 fully saturated rings. The summed E-state index contributed by atoms with van der Waals surface area (Å²) in [6.45, 7) is 1.34. The zero-order valence-electron chi connectivity index (χ0n) is 19.3. The van der Waals surface area contributed by atoms with Crippen molar-refractivity contribution >= 4 is 17.6 Å². The van der Waals surface area contributed by atoms with Crippen LogP contribution in [0, 0.1) is 0 Å². The summed E-state index contributed by atoms with van der Waals surface area (Å²) in [5, 5.41) is 8.77. The predicted octanol–water partition coefficient (Wildman–Crippen LogP) is 4.15. The number of rotatable bonds is 10. The van der Waals surface area contributed by atoms with Crippen LogP contribution in [0.1, 0.15) is 12.0 Å². The van der Waals surface area contributed by atoms with Crippen LogP contribution in [-0.2, 0) is 11.2 Å². The topological polar surface area (TPSA) is 73.5 Å². The molecule has 0 saturated heterocycles. The summed E-state index contributed by atoms with van der Waals surface area (Å²) in [7, 11) is 3.92. The van der Waals surface area contributed by atoms with E-state index in [0.717, 1.165) is 23.2 Å². The minimum absolute atomic E-state index is 0.0784. The van der Waals surface area contributed by atoms with E-state index in [1.165, 1.54) is 0 Å². The maximum absolute atomic E-state index is 12.7. The van der Waals surface area contributed by atoms with Crippen LogP contribution in [-0.4, -0.2) is 50.1 Å². The number of likely N-dealkylation sites (N-methyl/N-ethyl adjacent to an activating group) is 1. The Morgan fingerprint density at radius 3 is 2.06 bits per heavy atom. The summed E-state index contributed by atoms with van der Waals surface area (Å²) in [6.07, 6.45) is 0.783. The first-order chi connectivity index (χ1) is 16.0. The lowest BCUT2D eigenvalue weighted by molar-refractivity contribution is -0.121. The van der Waals surface area contributed by atoms with Crippen LogP contribution in [0.3, 0.4) is 0 Å². The van der Waals surface area contributed by atoms with Crippen molar-refractivity contribution in [2.45, 2.75) is 18.9 Å². The molecule has 0 saturated carbocycles. The van der Waals surface area contributed by atoms with E-state index in [2.05, 4.69) is 16.0 Å². The van der Waals surface area contributed by atoms with Crippen LogP contribution in [0.15, 0.2) is 84.9 Å². The van der Waals surface area contributed by atoms with Crippen molar-refractivity contribution in [2.24, 2.45) is 0 Å². The van der Waals surface area contributed by atoms with Crippen molar-refractivity contribution in [3.05, 3.63) is 90.5 Å². The number of benzene rings is 3. The first-order valence-electron chi connectivity index (χ1n) is 11.2. The molecular weight excluding hydrogens is 412 g/mol. The van der Waals surface area contributed by atoms with Crippen LogP contribution >= 0.6 is 0 Å². The van der Waals surface area contributed by atoms with Crippen molar-refractivity contribution < 1.29 is 9.59 Å². The number of urea groups is 1. The van der Waals surface area contributed by atoms with E-state index in [-0.39, 0.29) is 24.4 Å². The Kier molecular flexibility index (Phi) is 9.03. The molecule has 0 aliphatic carbocycles. The van der Waals surface area contributed by atoms with Crippen LogP contribution in [0.4, 0.5) is 10.5 Å². The highest BCUT2D eigenvalue weighted by Crippen LogP contribution is 2.21. The van der Waals surface area contributed by atoms with Crippen molar-refractivity contribution in [1.29, 1.82) is 0 Å². The Hall–Kier alpha value is -3.64. The van der Waals surface area contributed by atoms with Gasteiger partial charge in [-0.1, -0.05) is 72.8 Å². The van der Waals surface area contributed by atoms with Gasteiger partial charge in [0.25, 0.3) is 0 Å². The number of hydrogen-bond donors (Lipinski definition) is 3. The normalized spacial score (nSPS) is 11.6. The molecule has 3 N–H and O–H groups in total. The highest BCUT2D eigenvalue weighted by molar-refractivity contribution is 5.90. The third kappa shape index (κ3) is 8.43. The fourth-order valence-corrected chi connectivity index (χ4v) is 3.52. The molecular formula is C27H32N4O2. The van der Waals surface area contributed by atoms with E-state index in [9.17, 15) is 9.59 Å². The highest BCUT2D eigenvalue weighted by atomic mass is 16.2. The number of hydrogen-bond acceptors (Lipinski definition) is 3. The fourth-order valence-electron chi connectivity index (χ4n) is 3.52. The van der Waals surface area contributed by atoms with Crippen LogP contribution in [0.5, 0.6) is 0 Å². The molecule has 0 radical (unpaired) electrons. The second kappa shape index (κ2) is 12.4. The van der Waals surface area contributed by atoms with E-state index in [4.69, 9.17) is 0 Å². The predicted molar refractivity (Wildman–Crippen MR) is 134 cm³/mol. The second-order valence-electron chi connectivity index (χ2n) is 8.29. The van der Waals surface area contributed by atoms with E-state index >= 15 is 0 Å². The van der Waals surface area contributed by atoms with Gasteiger partial charge >= 0.3 is 6.03 Å². The van der Waals surface area contributed by atoms with E-state index in [1.54, 1.807) is 0 Å². The minimum atomic E-state index is -0.329. The molecule has 6 heteroatoms. The third-order valence-corrected chi connectivity index (χ3v) is 5.22. The van der Waals surface area contributed by atoms with Crippen molar-refractivity contribution in [3.63, 3.8) is 0 Å². The lowest BCUT2D eigenvalue weighted by Crippen LogP contribution is -2.43. The van der Waals surface area contributed by atoms with Gasteiger partial charge in [-0.2, -0.15) is 0 Å². The lowest BCUT2D eigenvalue weighted by Gasteiger charge is -2.20. The Morgan fingerprint density at radius 1 is 0.818 bits per heavy atom. The number of anilines is 1. The summed E-state index contributed by atoms with van der Waals surface area (Å²) < 4.78 is 0. The molecule has 3 amide bonds. The van der Waals surface area contributed by atoms with E-state index < -0.39 is 0 Å². The molecule has 0 bridgehead atoms. The van der Waals surface area contributed by atoms with Gasteiger partial charge < -0.3 is 20.9 Å². The van der Waals surface area contributed by atoms with Crippen molar-refractivity contribution in [3.8, 4) is 11.1 Å². The number of amides is 3. The van der Waals surface area contributed by atoms with Gasteiger partial charge in [0.05, 0.1) is 0 Å². The monoisotopic (exact) mass is 444 g/mol. The molecule has 0 aliphatic rings. The third-order valence-electron chi connectivity index (χ3n) is 5.22. The molecule has 1 atom stereocenters. The largest absolute Gasteiger partial charge is 0.355 e. The molecule has 0 aromatic heterocycles. The van der Waals surface area contributed by atoms with Gasteiger partial charge in [0.1, 0.15) is 0 Å². The van der Waals surface area contributed by atoms with Gasteiger partial charge in [-0.05, 0) is 49.3 Å². The Bertz CT molecular complexity index is 1010.